The molecule has 0 saturated carbocycles. The maximum absolute atomic E-state index is 12.5. The van der Waals surface area contributed by atoms with Crippen molar-refractivity contribution in [1.82, 2.24) is 4.31 Å². The van der Waals surface area contributed by atoms with Gasteiger partial charge in [0.25, 0.3) is 0 Å². The fraction of sp³-hybridized carbons (Fsp3) is 0.600. The van der Waals surface area contributed by atoms with E-state index in [4.69, 9.17) is 0 Å². The van der Waals surface area contributed by atoms with Crippen LogP contribution in [-0.2, 0) is 10.0 Å². The Hall–Kier alpha value is -0.140. The summed E-state index contributed by atoms with van der Waals surface area (Å²) in [5.41, 5.74) is 1.08. The molecule has 0 bridgehead atoms. The molecule has 5 heteroatoms. The van der Waals surface area contributed by atoms with Gasteiger partial charge in [0.1, 0.15) is 0 Å². The Kier molecular flexibility index (Phi) is 5.48. The zero-order valence-corrected chi connectivity index (χ0v) is 15.0. The highest BCUT2D eigenvalue weighted by molar-refractivity contribution is 14.1. The van der Waals surface area contributed by atoms with Crippen LogP contribution in [-0.4, -0.2) is 22.8 Å². The first-order chi connectivity index (χ1) is 9.48. The van der Waals surface area contributed by atoms with Crippen LogP contribution < -0.4 is 0 Å². The van der Waals surface area contributed by atoms with Crippen molar-refractivity contribution >= 4 is 32.6 Å². The van der Waals surface area contributed by atoms with Gasteiger partial charge in [-0.1, -0.05) is 72.9 Å². The first-order valence-corrected chi connectivity index (χ1v) is 9.91. The zero-order chi connectivity index (χ0) is 14.8. The second-order valence-corrected chi connectivity index (χ2v) is 8.56. The second kappa shape index (κ2) is 6.75. The molecule has 3 unspecified atom stereocenters. The molecule has 2 rings (SSSR count). The molecule has 3 atom stereocenters. The number of aryl methyl sites for hydroxylation is 1. The third-order valence-electron chi connectivity index (χ3n) is 3.75. The molecule has 3 nitrogen and oxygen atoms in total. The summed E-state index contributed by atoms with van der Waals surface area (Å²) in [6.07, 6.45) is 5.76. The van der Waals surface area contributed by atoms with Gasteiger partial charge in [-0.15, -0.1) is 0 Å². The first-order valence-electron chi connectivity index (χ1n) is 7.22. The Labute approximate surface area is 135 Å². The van der Waals surface area contributed by atoms with E-state index >= 15 is 0 Å². The smallest absolute Gasteiger partial charge is 0.207 e. The van der Waals surface area contributed by atoms with Crippen molar-refractivity contribution in [2.24, 2.45) is 0 Å². The van der Waals surface area contributed by atoms with E-state index in [2.05, 4.69) is 29.5 Å². The summed E-state index contributed by atoms with van der Waals surface area (Å²) in [5.74, 6) is 0. The molecule has 0 aliphatic carbocycles. The van der Waals surface area contributed by atoms with Gasteiger partial charge in [0.05, 0.1) is 15.0 Å². The van der Waals surface area contributed by atoms with E-state index in [9.17, 15) is 8.42 Å². The molecule has 1 fully saturated rings. The largest absolute Gasteiger partial charge is 0.244 e. The van der Waals surface area contributed by atoms with Gasteiger partial charge in [-0.05, 0) is 25.5 Å². The van der Waals surface area contributed by atoms with Crippen LogP contribution in [0.4, 0.5) is 0 Å². The van der Waals surface area contributed by atoms with Crippen molar-refractivity contribution in [3.05, 3.63) is 29.8 Å². The lowest BCUT2D eigenvalue weighted by atomic mass is 10.1. The molecule has 0 amide bonds. The third-order valence-corrected chi connectivity index (χ3v) is 7.48. The van der Waals surface area contributed by atoms with E-state index in [-0.39, 0.29) is 10.1 Å². The Morgan fingerprint density at radius 3 is 2.40 bits per heavy atom. The maximum atomic E-state index is 12.5. The van der Waals surface area contributed by atoms with Crippen molar-refractivity contribution in [3.8, 4) is 0 Å². The molecule has 0 radical (unpaired) electrons. The maximum Gasteiger partial charge on any atom is 0.244 e. The third kappa shape index (κ3) is 3.54. The van der Waals surface area contributed by atoms with E-state index in [1.165, 1.54) is 19.3 Å². The number of benzene rings is 1. The van der Waals surface area contributed by atoms with Gasteiger partial charge in [0.15, 0.2) is 0 Å². The fourth-order valence-corrected chi connectivity index (χ4v) is 6.12. The number of nitrogens with zero attached hydrogens (tertiary/aromatic N) is 1. The van der Waals surface area contributed by atoms with Crippen molar-refractivity contribution in [3.63, 3.8) is 0 Å². The van der Waals surface area contributed by atoms with E-state index < -0.39 is 10.0 Å². The highest BCUT2D eigenvalue weighted by atomic mass is 127. The van der Waals surface area contributed by atoms with Gasteiger partial charge < -0.3 is 0 Å². The van der Waals surface area contributed by atoms with Crippen molar-refractivity contribution in [1.29, 1.82) is 0 Å². The minimum Gasteiger partial charge on any atom is -0.207 e. The molecule has 1 aliphatic rings. The van der Waals surface area contributed by atoms with Crippen LogP contribution in [0.3, 0.4) is 0 Å². The van der Waals surface area contributed by atoms with Gasteiger partial charge in [-0.2, -0.15) is 4.31 Å². The lowest BCUT2D eigenvalue weighted by Crippen LogP contribution is -2.15. The number of halogens is 1. The Morgan fingerprint density at radius 1 is 1.15 bits per heavy atom. The molecule has 1 heterocycles. The summed E-state index contributed by atoms with van der Waals surface area (Å²) in [6, 6.07) is 7.32. The Balaban J connectivity index is 1.99. The predicted molar refractivity (Wildman–Crippen MR) is 90.6 cm³/mol. The van der Waals surface area contributed by atoms with Crippen molar-refractivity contribution < 1.29 is 8.42 Å². The van der Waals surface area contributed by atoms with Crippen LogP contribution in [0.5, 0.6) is 0 Å². The van der Waals surface area contributed by atoms with Gasteiger partial charge in [0, 0.05) is 0 Å². The van der Waals surface area contributed by atoms with Crippen LogP contribution in [0.15, 0.2) is 29.2 Å². The van der Waals surface area contributed by atoms with Crippen molar-refractivity contribution in [2.75, 3.05) is 0 Å². The van der Waals surface area contributed by atoms with Crippen LogP contribution >= 0.6 is 22.6 Å². The van der Waals surface area contributed by atoms with Crippen LogP contribution in [0.25, 0.3) is 0 Å². The fourth-order valence-electron chi connectivity index (χ4n) is 2.41. The van der Waals surface area contributed by atoms with E-state index in [0.29, 0.717) is 4.90 Å². The Morgan fingerprint density at radius 2 is 1.80 bits per heavy atom. The number of unbranched alkanes of at least 4 members (excludes halogenated alkanes) is 3. The lowest BCUT2D eigenvalue weighted by Gasteiger charge is -2.06. The summed E-state index contributed by atoms with van der Waals surface area (Å²) in [7, 11) is -3.30. The van der Waals surface area contributed by atoms with Crippen LogP contribution in [0.2, 0.25) is 0 Å². The van der Waals surface area contributed by atoms with Gasteiger partial charge >= 0.3 is 0 Å². The van der Waals surface area contributed by atoms with Gasteiger partial charge in [-0.3, -0.25) is 0 Å². The summed E-state index contributed by atoms with van der Waals surface area (Å²) in [4.78, 5) is 0.417. The standard InChI is InChI=1S/C15H22INO2S/c1-3-4-5-6-7-14-15(16)17(14)20(18,19)13-10-8-12(2)9-11-13/h8-11,14-15H,3-7H2,1-2H3. The van der Waals surface area contributed by atoms with Crippen LogP contribution in [0, 0.1) is 6.92 Å². The molecule has 112 valence electrons. The van der Waals surface area contributed by atoms with E-state index in [1.807, 2.05) is 19.1 Å². The first kappa shape index (κ1) is 16.2. The monoisotopic (exact) mass is 407 g/mol. The average Bonchev–Trinajstić information content (AvgIpc) is 3.06. The minimum atomic E-state index is -3.30. The molecule has 1 saturated heterocycles. The van der Waals surface area contributed by atoms with Gasteiger partial charge in [-0.25, -0.2) is 8.42 Å². The number of hydrogen-bond donors (Lipinski definition) is 0. The average molecular weight is 407 g/mol. The Bertz CT molecular complexity index is 541. The van der Waals surface area contributed by atoms with Crippen molar-refractivity contribution in [2.45, 2.75) is 60.9 Å². The molecule has 1 aliphatic heterocycles. The number of alkyl halides is 1. The highest BCUT2D eigenvalue weighted by Gasteiger charge is 2.53. The molecule has 1 aromatic rings. The second-order valence-electron chi connectivity index (χ2n) is 5.44. The lowest BCUT2D eigenvalue weighted by molar-refractivity contribution is 0.537. The molecule has 0 spiro atoms. The normalized spacial score (nSPS) is 25.6. The number of sulfonamides is 1. The minimum absolute atomic E-state index is 0.125. The molecule has 0 aromatic heterocycles. The molecule has 1 aromatic carbocycles. The summed E-state index contributed by atoms with van der Waals surface area (Å²) >= 11 is 2.25. The molecular weight excluding hydrogens is 385 g/mol. The summed E-state index contributed by atoms with van der Waals surface area (Å²) in [5, 5.41) is 0. The molecular formula is C15H22INO2S. The predicted octanol–water partition coefficient (Wildman–Crippen LogP) is 4.10. The summed E-state index contributed by atoms with van der Waals surface area (Å²) in [6.45, 7) is 4.15. The van der Waals surface area contributed by atoms with Gasteiger partial charge in [0.2, 0.25) is 10.0 Å². The van der Waals surface area contributed by atoms with E-state index in [1.54, 1.807) is 16.4 Å². The zero-order valence-electron chi connectivity index (χ0n) is 12.0. The van der Waals surface area contributed by atoms with E-state index in [0.717, 1.165) is 18.4 Å². The molecule has 20 heavy (non-hydrogen) atoms. The SMILES string of the molecule is CCCCCCC1C(I)N1S(=O)(=O)c1ccc(C)cc1. The topological polar surface area (TPSA) is 37.1 Å². The highest BCUT2D eigenvalue weighted by Crippen LogP contribution is 2.42. The molecule has 0 N–H and O–H groups in total. The number of hydrogen-bond acceptors (Lipinski definition) is 2. The number of rotatable bonds is 7. The quantitative estimate of drug-likeness (QED) is 0.224. The summed E-state index contributed by atoms with van der Waals surface area (Å²) < 4.78 is 26.9. The van der Waals surface area contributed by atoms with Crippen LogP contribution in [0.1, 0.15) is 44.6 Å².